The highest BCUT2D eigenvalue weighted by Gasteiger charge is 2.01. The van der Waals surface area contributed by atoms with Gasteiger partial charge in [0.05, 0.1) is 5.69 Å². The smallest absolute Gasteiger partial charge is 0.151 e. The Morgan fingerprint density at radius 3 is 2.77 bits per heavy atom. The second-order valence-corrected chi connectivity index (χ2v) is 4.69. The Morgan fingerprint density at radius 2 is 2.23 bits per heavy atom. The van der Waals surface area contributed by atoms with Crippen molar-refractivity contribution < 1.29 is 0 Å². The number of thioether (sulfide) groups is 1. The Labute approximate surface area is 88.1 Å². The van der Waals surface area contributed by atoms with Crippen molar-refractivity contribution in [1.29, 1.82) is 0 Å². The highest BCUT2D eigenvalue weighted by Crippen LogP contribution is 2.18. The second-order valence-electron chi connectivity index (χ2n) is 2.88. The van der Waals surface area contributed by atoms with Gasteiger partial charge in [0.2, 0.25) is 0 Å². The van der Waals surface area contributed by atoms with E-state index in [1.807, 2.05) is 17.8 Å². The van der Waals surface area contributed by atoms with Gasteiger partial charge in [-0.2, -0.15) is 16.9 Å². The number of hydrogen-bond acceptors (Lipinski definition) is 3. The zero-order valence-electron chi connectivity index (χ0n) is 7.83. The largest absolute Gasteiger partial charge is 0.153 e. The van der Waals surface area contributed by atoms with Gasteiger partial charge in [0.1, 0.15) is 0 Å². The zero-order chi connectivity index (χ0) is 9.68. The standard InChI is InChI=1S/C9H13ClN2S/c1-3-7(2)13-6-8-4-5-9(10)12-11-8/h4-5,7H,3,6H2,1-2H3. The zero-order valence-corrected chi connectivity index (χ0v) is 9.40. The normalized spacial score (nSPS) is 12.8. The molecule has 1 rings (SSSR count). The maximum absolute atomic E-state index is 5.62. The number of halogens is 1. The first-order chi connectivity index (χ1) is 6.22. The summed E-state index contributed by atoms with van der Waals surface area (Å²) in [7, 11) is 0. The highest BCUT2D eigenvalue weighted by molar-refractivity contribution is 7.99. The van der Waals surface area contributed by atoms with Crippen LogP contribution in [-0.2, 0) is 5.75 Å². The first-order valence-electron chi connectivity index (χ1n) is 4.32. The molecule has 0 fully saturated rings. The fourth-order valence-corrected chi connectivity index (χ4v) is 1.71. The first kappa shape index (κ1) is 10.8. The average molecular weight is 217 g/mol. The van der Waals surface area contributed by atoms with Crippen LogP contribution in [0.3, 0.4) is 0 Å². The van der Waals surface area contributed by atoms with E-state index < -0.39 is 0 Å². The third-order valence-electron chi connectivity index (χ3n) is 1.78. The van der Waals surface area contributed by atoms with Crippen LogP contribution in [0.4, 0.5) is 0 Å². The summed E-state index contributed by atoms with van der Waals surface area (Å²) in [5.41, 5.74) is 0.995. The quantitative estimate of drug-likeness (QED) is 0.773. The molecule has 0 saturated carbocycles. The summed E-state index contributed by atoms with van der Waals surface area (Å²) in [6, 6.07) is 3.70. The van der Waals surface area contributed by atoms with Crippen LogP contribution in [-0.4, -0.2) is 15.4 Å². The molecular formula is C9H13ClN2S. The summed E-state index contributed by atoms with van der Waals surface area (Å²) in [6.07, 6.45) is 1.19. The molecule has 0 aliphatic heterocycles. The molecule has 72 valence electrons. The van der Waals surface area contributed by atoms with Crippen molar-refractivity contribution in [2.75, 3.05) is 0 Å². The Hall–Kier alpha value is -0.280. The van der Waals surface area contributed by atoms with E-state index >= 15 is 0 Å². The molecule has 0 aliphatic carbocycles. The van der Waals surface area contributed by atoms with Gasteiger partial charge < -0.3 is 0 Å². The molecule has 0 bridgehead atoms. The molecule has 1 heterocycles. The summed E-state index contributed by atoms with van der Waals surface area (Å²) in [5, 5.41) is 8.90. The van der Waals surface area contributed by atoms with E-state index in [-0.39, 0.29) is 0 Å². The molecule has 1 unspecified atom stereocenters. The van der Waals surface area contributed by atoms with Crippen molar-refractivity contribution in [2.24, 2.45) is 0 Å². The fraction of sp³-hybridized carbons (Fsp3) is 0.556. The van der Waals surface area contributed by atoms with Gasteiger partial charge in [-0.1, -0.05) is 25.4 Å². The summed E-state index contributed by atoms with van der Waals surface area (Å²) in [5.74, 6) is 0.916. The molecule has 0 N–H and O–H groups in total. The van der Waals surface area contributed by atoms with Gasteiger partial charge in [-0.3, -0.25) is 0 Å². The number of nitrogens with zero attached hydrogens (tertiary/aromatic N) is 2. The van der Waals surface area contributed by atoms with Crippen LogP contribution in [0.25, 0.3) is 0 Å². The van der Waals surface area contributed by atoms with Crippen LogP contribution in [0.5, 0.6) is 0 Å². The summed E-state index contributed by atoms with van der Waals surface area (Å²) >= 11 is 7.51. The summed E-state index contributed by atoms with van der Waals surface area (Å²) in [6.45, 7) is 4.40. The molecule has 0 amide bonds. The second kappa shape index (κ2) is 5.45. The van der Waals surface area contributed by atoms with E-state index in [0.29, 0.717) is 10.4 Å². The monoisotopic (exact) mass is 216 g/mol. The van der Waals surface area contributed by atoms with Gasteiger partial charge in [-0.05, 0) is 18.6 Å². The van der Waals surface area contributed by atoms with Gasteiger partial charge in [-0.15, -0.1) is 5.10 Å². The number of aromatic nitrogens is 2. The molecule has 2 nitrogen and oxygen atoms in total. The van der Waals surface area contributed by atoms with Gasteiger partial charge in [0.15, 0.2) is 5.15 Å². The third kappa shape index (κ3) is 3.96. The molecule has 0 radical (unpaired) electrons. The van der Waals surface area contributed by atoms with Gasteiger partial charge in [0.25, 0.3) is 0 Å². The Bertz CT molecular complexity index is 250. The van der Waals surface area contributed by atoms with Crippen molar-refractivity contribution in [3.05, 3.63) is 23.0 Å². The topological polar surface area (TPSA) is 25.8 Å². The van der Waals surface area contributed by atoms with E-state index in [0.717, 1.165) is 11.4 Å². The van der Waals surface area contributed by atoms with E-state index in [9.17, 15) is 0 Å². The minimum Gasteiger partial charge on any atom is -0.153 e. The first-order valence-corrected chi connectivity index (χ1v) is 5.74. The van der Waals surface area contributed by atoms with Crippen LogP contribution in [0, 0.1) is 0 Å². The van der Waals surface area contributed by atoms with Crippen LogP contribution in [0.2, 0.25) is 5.15 Å². The fourth-order valence-electron chi connectivity index (χ4n) is 0.766. The third-order valence-corrected chi connectivity index (χ3v) is 3.34. The van der Waals surface area contributed by atoms with Crippen LogP contribution >= 0.6 is 23.4 Å². The van der Waals surface area contributed by atoms with E-state index in [2.05, 4.69) is 24.0 Å². The maximum atomic E-state index is 5.62. The predicted octanol–water partition coefficient (Wildman–Crippen LogP) is 3.16. The molecule has 0 spiro atoms. The predicted molar refractivity (Wildman–Crippen MR) is 58.1 cm³/mol. The molecule has 0 saturated heterocycles. The average Bonchev–Trinajstić information content (AvgIpc) is 2.16. The lowest BCUT2D eigenvalue weighted by Gasteiger charge is -2.06. The Morgan fingerprint density at radius 1 is 1.46 bits per heavy atom. The highest BCUT2D eigenvalue weighted by atomic mass is 35.5. The minimum atomic E-state index is 0.456. The molecule has 0 aromatic carbocycles. The lowest BCUT2D eigenvalue weighted by atomic mass is 10.4. The minimum absolute atomic E-state index is 0.456. The number of hydrogen-bond donors (Lipinski definition) is 0. The van der Waals surface area contributed by atoms with Crippen molar-refractivity contribution in [1.82, 2.24) is 10.2 Å². The van der Waals surface area contributed by atoms with Crippen molar-refractivity contribution in [2.45, 2.75) is 31.3 Å². The van der Waals surface area contributed by atoms with Crippen LogP contribution in [0.15, 0.2) is 12.1 Å². The van der Waals surface area contributed by atoms with Crippen molar-refractivity contribution in [3.63, 3.8) is 0 Å². The lowest BCUT2D eigenvalue weighted by molar-refractivity contribution is 0.900. The molecule has 4 heteroatoms. The SMILES string of the molecule is CCC(C)SCc1ccc(Cl)nn1. The Kier molecular flexibility index (Phi) is 4.53. The van der Waals surface area contributed by atoms with E-state index in [1.165, 1.54) is 6.42 Å². The summed E-state index contributed by atoms with van der Waals surface area (Å²) < 4.78 is 0. The van der Waals surface area contributed by atoms with Crippen LogP contribution in [0.1, 0.15) is 26.0 Å². The maximum Gasteiger partial charge on any atom is 0.151 e. The van der Waals surface area contributed by atoms with Crippen molar-refractivity contribution in [3.8, 4) is 0 Å². The molecule has 1 atom stereocenters. The molecule has 13 heavy (non-hydrogen) atoms. The Balaban J connectivity index is 2.41. The van der Waals surface area contributed by atoms with E-state index in [1.54, 1.807) is 6.07 Å². The van der Waals surface area contributed by atoms with Gasteiger partial charge in [0, 0.05) is 11.0 Å². The van der Waals surface area contributed by atoms with Crippen molar-refractivity contribution >= 4 is 23.4 Å². The molecular weight excluding hydrogens is 204 g/mol. The van der Waals surface area contributed by atoms with E-state index in [4.69, 9.17) is 11.6 Å². The van der Waals surface area contributed by atoms with Crippen LogP contribution < -0.4 is 0 Å². The molecule has 1 aromatic rings. The molecule has 1 aromatic heterocycles. The van der Waals surface area contributed by atoms with Gasteiger partial charge in [-0.25, -0.2) is 0 Å². The summed E-state index contributed by atoms with van der Waals surface area (Å²) in [4.78, 5) is 0. The van der Waals surface area contributed by atoms with Gasteiger partial charge >= 0.3 is 0 Å². The lowest BCUT2D eigenvalue weighted by Crippen LogP contribution is -1.96. The number of rotatable bonds is 4. The molecule has 0 aliphatic rings.